The number of thiophene rings is 1. The molecular formula is C19H15N5S. The molecule has 25 heavy (non-hydrogen) atoms. The van der Waals surface area contributed by atoms with E-state index in [2.05, 4.69) is 56.0 Å². The Morgan fingerprint density at radius 2 is 1.88 bits per heavy atom. The van der Waals surface area contributed by atoms with Gasteiger partial charge >= 0.3 is 0 Å². The molecule has 5 rings (SSSR count). The highest BCUT2D eigenvalue weighted by atomic mass is 32.1. The van der Waals surface area contributed by atoms with E-state index in [-0.39, 0.29) is 0 Å². The molecule has 0 radical (unpaired) electrons. The zero-order valence-corrected chi connectivity index (χ0v) is 14.4. The van der Waals surface area contributed by atoms with Crippen molar-refractivity contribution in [2.24, 2.45) is 0 Å². The second-order valence-corrected chi connectivity index (χ2v) is 6.62. The van der Waals surface area contributed by atoms with Crippen molar-refractivity contribution in [3.05, 3.63) is 53.6 Å². The van der Waals surface area contributed by atoms with E-state index in [9.17, 15) is 0 Å². The summed E-state index contributed by atoms with van der Waals surface area (Å²) < 4.78 is 0. The normalized spacial score (nSPS) is 12.3. The van der Waals surface area contributed by atoms with Crippen molar-refractivity contribution >= 4 is 23.0 Å². The Morgan fingerprint density at radius 3 is 2.64 bits per heavy atom. The Hall–Kier alpha value is -2.99. The maximum absolute atomic E-state index is 4.98. The minimum atomic E-state index is 0.798. The minimum Gasteiger partial charge on any atom is -0.310 e. The third kappa shape index (κ3) is 2.11. The van der Waals surface area contributed by atoms with Crippen LogP contribution in [0.4, 0.5) is 11.6 Å². The summed E-state index contributed by atoms with van der Waals surface area (Å²) in [6.45, 7) is 2.93. The molecule has 5 heterocycles. The third-order valence-corrected chi connectivity index (χ3v) is 5.27. The van der Waals surface area contributed by atoms with E-state index >= 15 is 0 Å². The number of nitrogens with zero attached hydrogens (tertiary/aromatic N) is 4. The van der Waals surface area contributed by atoms with Gasteiger partial charge in [0.15, 0.2) is 0 Å². The maximum Gasteiger partial charge on any atom is 0.142 e. The first-order valence-electron chi connectivity index (χ1n) is 8.16. The van der Waals surface area contributed by atoms with Crippen molar-refractivity contribution in [1.82, 2.24) is 20.2 Å². The second-order valence-electron chi connectivity index (χ2n) is 5.87. The van der Waals surface area contributed by atoms with Crippen molar-refractivity contribution in [2.75, 3.05) is 11.4 Å². The lowest BCUT2D eigenvalue weighted by Gasteiger charge is -2.23. The molecule has 1 aliphatic rings. The molecule has 0 atom stereocenters. The van der Waals surface area contributed by atoms with Crippen LogP contribution >= 0.6 is 11.3 Å². The second kappa shape index (κ2) is 5.53. The molecule has 1 N–H and O–H groups in total. The number of rotatable bonds is 2. The van der Waals surface area contributed by atoms with E-state index in [0.29, 0.717) is 0 Å². The molecule has 0 amide bonds. The van der Waals surface area contributed by atoms with Crippen molar-refractivity contribution in [3.8, 4) is 33.5 Å². The summed E-state index contributed by atoms with van der Waals surface area (Å²) in [6, 6.07) is 8.35. The fourth-order valence-corrected chi connectivity index (χ4v) is 4.20. The molecule has 0 saturated heterocycles. The van der Waals surface area contributed by atoms with Gasteiger partial charge in [-0.2, -0.15) is 16.4 Å². The molecule has 5 nitrogen and oxygen atoms in total. The summed E-state index contributed by atoms with van der Waals surface area (Å²) in [5.41, 5.74) is 6.63. The number of aromatic amines is 1. The Labute approximate surface area is 149 Å². The maximum atomic E-state index is 4.98. The van der Waals surface area contributed by atoms with Gasteiger partial charge in [-0.15, -0.1) is 0 Å². The molecule has 0 saturated carbocycles. The van der Waals surface area contributed by atoms with Crippen LogP contribution in [0.15, 0.2) is 53.6 Å². The monoisotopic (exact) mass is 345 g/mol. The topological polar surface area (TPSA) is 57.7 Å². The third-order valence-electron chi connectivity index (χ3n) is 4.53. The summed E-state index contributed by atoms with van der Waals surface area (Å²) in [5.74, 6) is 1.90. The van der Waals surface area contributed by atoms with Crippen LogP contribution in [0.25, 0.3) is 33.5 Å². The predicted octanol–water partition coefficient (Wildman–Crippen LogP) is 4.73. The van der Waals surface area contributed by atoms with Gasteiger partial charge in [0.2, 0.25) is 0 Å². The molecule has 0 unspecified atom stereocenters. The van der Waals surface area contributed by atoms with Gasteiger partial charge in [-0.3, -0.25) is 5.10 Å². The first-order valence-corrected chi connectivity index (χ1v) is 9.10. The lowest BCUT2D eigenvalue weighted by Crippen LogP contribution is -2.19. The van der Waals surface area contributed by atoms with Gasteiger partial charge in [0.1, 0.15) is 11.6 Å². The number of H-pyrrole nitrogens is 1. The Balaban J connectivity index is 1.83. The first kappa shape index (κ1) is 14.4. The van der Waals surface area contributed by atoms with Crippen LogP contribution in [0, 0.1) is 0 Å². The zero-order valence-electron chi connectivity index (χ0n) is 13.6. The number of nitrogens with one attached hydrogen (secondary N) is 1. The van der Waals surface area contributed by atoms with E-state index < -0.39 is 0 Å². The highest BCUT2D eigenvalue weighted by Crippen LogP contribution is 2.47. The van der Waals surface area contributed by atoms with Crippen LogP contribution in [0.5, 0.6) is 0 Å². The van der Waals surface area contributed by atoms with Crippen molar-refractivity contribution < 1.29 is 0 Å². The van der Waals surface area contributed by atoms with Crippen molar-refractivity contribution in [3.63, 3.8) is 0 Å². The van der Waals surface area contributed by atoms with Crippen LogP contribution in [0.1, 0.15) is 6.92 Å². The largest absolute Gasteiger partial charge is 0.310 e. The van der Waals surface area contributed by atoms with E-state index in [4.69, 9.17) is 4.98 Å². The van der Waals surface area contributed by atoms with E-state index in [1.54, 1.807) is 17.5 Å². The van der Waals surface area contributed by atoms with Crippen LogP contribution in [-0.4, -0.2) is 26.7 Å². The first-order chi connectivity index (χ1) is 12.4. The van der Waals surface area contributed by atoms with E-state index in [1.807, 2.05) is 18.5 Å². The average molecular weight is 345 g/mol. The molecule has 4 aromatic heterocycles. The quantitative estimate of drug-likeness (QED) is 0.570. The van der Waals surface area contributed by atoms with Gasteiger partial charge in [-0.25, -0.2) is 9.97 Å². The standard InChI is InChI=1S/C19H15N5S/c1-2-24-18-13(4-3-7-20-18)15-10-25-11-16(15)14-5-6-17(23-19(14)24)12-8-21-22-9-12/h3-11H,2H2,1H3,(H,21,22). The number of pyridine rings is 2. The Bertz CT molecular complexity index is 1050. The molecule has 122 valence electrons. The summed E-state index contributed by atoms with van der Waals surface area (Å²) in [7, 11) is 0. The lowest BCUT2D eigenvalue weighted by molar-refractivity contribution is 0.969. The van der Waals surface area contributed by atoms with Crippen LogP contribution < -0.4 is 4.90 Å². The summed E-state index contributed by atoms with van der Waals surface area (Å²) >= 11 is 1.71. The smallest absolute Gasteiger partial charge is 0.142 e. The minimum absolute atomic E-state index is 0.798. The number of aromatic nitrogens is 4. The molecule has 0 bridgehead atoms. The van der Waals surface area contributed by atoms with Gasteiger partial charge < -0.3 is 4.90 Å². The van der Waals surface area contributed by atoms with Gasteiger partial charge in [-0.05, 0) is 41.9 Å². The lowest BCUT2D eigenvalue weighted by atomic mass is 10.0. The number of hydrogen-bond donors (Lipinski definition) is 1. The molecule has 0 spiro atoms. The fourth-order valence-electron chi connectivity index (χ4n) is 3.35. The molecule has 0 aromatic carbocycles. The van der Waals surface area contributed by atoms with Gasteiger partial charge in [0, 0.05) is 46.8 Å². The predicted molar refractivity (Wildman–Crippen MR) is 101 cm³/mol. The zero-order chi connectivity index (χ0) is 16.8. The SMILES string of the molecule is CCN1c2ncccc2-c2cscc2-c2ccc(-c3cn[nH]c3)nc21. The van der Waals surface area contributed by atoms with Crippen molar-refractivity contribution in [2.45, 2.75) is 6.92 Å². The van der Waals surface area contributed by atoms with Crippen LogP contribution in [0.2, 0.25) is 0 Å². The van der Waals surface area contributed by atoms with E-state index in [1.165, 1.54) is 11.1 Å². The molecule has 0 fully saturated rings. The highest BCUT2D eigenvalue weighted by molar-refractivity contribution is 7.08. The molecule has 1 aliphatic heterocycles. The molecule has 0 aliphatic carbocycles. The summed E-state index contributed by atoms with van der Waals surface area (Å²) in [5, 5.41) is 11.3. The van der Waals surface area contributed by atoms with Gasteiger partial charge in [0.05, 0.1) is 11.9 Å². The average Bonchev–Trinajstić information content (AvgIpc) is 3.33. The van der Waals surface area contributed by atoms with Crippen molar-refractivity contribution in [1.29, 1.82) is 0 Å². The summed E-state index contributed by atoms with van der Waals surface area (Å²) in [4.78, 5) is 11.8. The van der Waals surface area contributed by atoms with Crippen LogP contribution in [-0.2, 0) is 0 Å². The van der Waals surface area contributed by atoms with E-state index in [0.717, 1.165) is 40.6 Å². The Morgan fingerprint density at radius 1 is 1.04 bits per heavy atom. The highest BCUT2D eigenvalue weighted by Gasteiger charge is 2.26. The molecule has 4 aromatic rings. The number of anilines is 2. The van der Waals surface area contributed by atoms with Crippen LogP contribution in [0.3, 0.4) is 0 Å². The fraction of sp³-hybridized carbons (Fsp3) is 0.105. The number of hydrogen-bond acceptors (Lipinski definition) is 5. The molecular weight excluding hydrogens is 330 g/mol. The molecule has 6 heteroatoms. The summed E-state index contributed by atoms with van der Waals surface area (Å²) in [6.07, 6.45) is 5.51. The Kier molecular flexibility index (Phi) is 3.18. The van der Waals surface area contributed by atoms with Gasteiger partial charge in [0.25, 0.3) is 0 Å². The van der Waals surface area contributed by atoms with Gasteiger partial charge in [-0.1, -0.05) is 0 Å². The number of fused-ring (bicyclic) bond motifs is 5.